The van der Waals surface area contributed by atoms with Gasteiger partial charge in [-0.3, -0.25) is 0 Å². The van der Waals surface area contributed by atoms with Gasteiger partial charge < -0.3 is 9.13 Å². The lowest BCUT2D eigenvalue weighted by molar-refractivity contribution is 1.17. The molecule has 36 heavy (non-hydrogen) atoms. The Hall–Kier alpha value is -4.08. The second kappa shape index (κ2) is 7.71. The van der Waals surface area contributed by atoms with Crippen molar-refractivity contribution in [3.05, 3.63) is 115 Å². The Labute approximate surface area is 212 Å². The van der Waals surface area contributed by atoms with Crippen molar-refractivity contribution in [1.29, 1.82) is 0 Å². The van der Waals surface area contributed by atoms with E-state index in [4.69, 9.17) is 0 Å². The van der Waals surface area contributed by atoms with Gasteiger partial charge in [-0.25, -0.2) is 0 Å². The van der Waals surface area contributed by atoms with E-state index in [1.54, 1.807) is 0 Å². The molecule has 5 aromatic carbocycles. The zero-order valence-electron chi connectivity index (χ0n) is 20.9. The third-order valence-electron chi connectivity index (χ3n) is 7.46. The molecular formula is C33H28N2Si. The first-order chi connectivity index (χ1) is 17.5. The fourth-order valence-corrected chi connectivity index (χ4v) is 6.87. The normalized spacial score (nSPS) is 12.3. The monoisotopic (exact) mass is 480 g/mol. The van der Waals surface area contributed by atoms with E-state index in [1.165, 1.54) is 60.2 Å². The van der Waals surface area contributed by atoms with E-state index >= 15 is 0 Å². The standard InChI is InChI=1S/C33H28N2Si/c1-36(2,3)25-12-10-11-23(21-25)34-32-18-9-6-15-28(32)29-22-24(19-20-33(29)34)35-30-16-7-4-13-26(30)27-14-5-8-17-31(27)35/h4-22H,1-3H3. The van der Waals surface area contributed by atoms with E-state index < -0.39 is 8.07 Å². The lowest BCUT2D eigenvalue weighted by atomic mass is 10.1. The second-order valence-electron chi connectivity index (χ2n) is 10.7. The Balaban J connectivity index is 1.54. The summed E-state index contributed by atoms with van der Waals surface area (Å²) in [6, 6.07) is 42.3. The Bertz CT molecular complexity index is 1880. The van der Waals surface area contributed by atoms with Crippen LogP contribution < -0.4 is 5.19 Å². The number of hydrogen-bond acceptors (Lipinski definition) is 0. The van der Waals surface area contributed by atoms with Gasteiger partial charge in [0.15, 0.2) is 0 Å². The van der Waals surface area contributed by atoms with Gasteiger partial charge in [0.25, 0.3) is 0 Å². The summed E-state index contributed by atoms with van der Waals surface area (Å²) in [5, 5.41) is 6.63. The Morgan fingerprint density at radius 1 is 0.417 bits per heavy atom. The fraction of sp³-hybridized carbons (Fsp3) is 0.0909. The molecule has 0 aliphatic carbocycles. The molecule has 0 fully saturated rings. The molecule has 0 aliphatic rings. The number of nitrogens with zero attached hydrogens (tertiary/aromatic N) is 2. The molecule has 0 aliphatic heterocycles. The Morgan fingerprint density at radius 3 is 1.44 bits per heavy atom. The highest BCUT2D eigenvalue weighted by atomic mass is 28.3. The molecule has 0 saturated heterocycles. The van der Waals surface area contributed by atoms with Crippen LogP contribution >= 0.6 is 0 Å². The van der Waals surface area contributed by atoms with Crippen LogP contribution in [0.3, 0.4) is 0 Å². The van der Waals surface area contributed by atoms with Crippen molar-refractivity contribution in [3.63, 3.8) is 0 Å². The first-order valence-corrected chi connectivity index (χ1v) is 16.1. The quantitative estimate of drug-likeness (QED) is 0.225. The van der Waals surface area contributed by atoms with Crippen LogP contribution in [0.2, 0.25) is 19.6 Å². The molecule has 0 atom stereocenters. The first kappa shape index (κ1) is 21.2. The van der Waals surface area contributed by atoms with Crippen LogP contribution in [0.1, 0.15) is 0 Å². The van der Waals surface area contributed by atoms with Crippen LogP contribution in [0.25, 0.3) is 55.0 Å². The largest absolute Gasteiger partial charge is 0.309 e. The van der Waals surface area contributed by atoms with Gasteiger partial charge in [-0.15, -0.1) is 0 Å². The summed E-state index contributed by atoms with van der Waals surface area (Å²) in [6.45, 7) is 7.24. The van der Waals surface area contributed by atoms with Crippen LogP contribution in [-0.4, -0.2) is 17.2 Å². The fourth-order valence-electron chi connectivity index (χ4n) is 5.69. The van der Waals surface area contributed by atoms with Gasteiger partial charge >= 0.3 is 0 Å². The number of para-hydroxylation sites is 3. The van der Waals surface area contributed by atoms with Gasteiger partial charge in [0.1, 0.15) is 0 Å². The summed E-state index contributed by atoms with van der Waals surface area (Å²) in [6.07, 6.45) is 0. The van der Waals surface area contributed by atoms with E-state index in [1.807, 2.05) is 0 Å². The van der Waals surface area contributed by atoms with E-state index in [2.05, 4.69) is 144 Å². The van der Waals surface area contributed by atoms with Gasteiger partial charge in [-0.2, -0.15) is 0 Å². The molecule has 7 aromatic rings. The zero-order chi connectivity index (χ0) is 24.4. The minimum Gasteiger partial charge on any atom is -0.309 e. The third-order valence-corrected chi connectivity index (χ3v) is 9.51. The highest BCUT2D eigenvalue weighted by molar-refractivity contribution is 6.88. The minimum absolute atomic E-state index is 1.19. The number of hydrogen-bond donors (Lipinski definition) is 0. The highest BCUT2D eigenvalue weighted by Crippen LogP contribution is 2.36. The van der Waals surface area contributed by atoms with Crippen molar-refractivity contribution in [3.8, 4) is 11.4 Å². The average Bonchev–Trinajstić information content (AvgIpc) is 3.41. The third kappa shape index (κ3) is 3.09. The molecule has 0 saturated carbocycles. The number of rotatable bonds is 3. The van der Waals surface area contributed by atoms with Crippen LogP contribution in [0, 0.1) is 0 Å². The van der Waals surface area contributed by atoms with Crippen molar-refractivity contribution < 1.29 is 0 Å². The van der Waals surface area contributed by atoms with E-state index in [9.17, 15) is 0 Å². The predicted octanol–water partition coefficient (Wildman–Crippen LogP) is 8.43. The van der Waals surface area contributed by atoms with Crippen LogP contribution in [0.4, 0.5) is 0 Å². The minimum atomic E-state index is -1.43. The molecule has 3 heteroatoms. The SMILES string of the molecule is C[Si](C)(C)c1cccc(-n2c3ccccc3c3cc(-n4c5ccccc5c5ccccc54)ccc32)c1. The smallest absolute Gasteiger partial charge is 0.0776 e. The summed E-state index contributed by atoms with van der Waals surface area (Å²) in [7, 11) is -1.43. The lowest BCUT2D eigenvalue weighted by Crippen LogP contribution is -2.37. The van der Waals surface area contributed by atoms with Gasteiger partial charge in [0.05, 0.1) is 30.1 Å². The number of benzene rings is 5. The molecule has 0 spiro atoms. The van der Waals surface area contributed by atoms with Gasteiger partial charge in [-0.05, 0) is 48.5 Å². The molecular weight excluding hydrogens is 452 g/mol. The van der Waals surface area contributed by atoms with Crippen molar-refractivity contribution in [2.45, 2.75) is 19.6 Å². The summed E-state index contributed by atoms with van der Waals surface area (Å²) < 4.78 is 4.84. The zero-order valence-corrected chi connectivity index (χ0v) is 21.9. The molecule has 174 valence electrons. The topological polar surface area (TPSA) is 9.86 Å². The highest BCUT2D eigenvalue weighted by Gasteiger charge is 2.19. The van der Waals surface area contributed by atoms with Gasteiger partial charge in [0, 0.05) is 32.9 Å². The first-order valence-electron chi connectivity index (χ1n) is 12.6. The molecule has 2 nitrogen and oxygen atoms in total. The van der Waals surface area contributed by atoms with Gasteiger partial charge in [0.2, 0.25) is 0 Å². The summed E-state index contributed by atoms with van der Waals surface area (Å²) >= 11 is 0. The maximum absolute atomic E-state index is 2.43. The summed E-state index contributed by atoms with van der Waals surface area (Å²) in [5.41, 5.74) is 7.41. The number of aromatic nitrogens is 2. The van der Waals surface area contributed by atoms with Crippen molar-refractivity contribution in [1.82, 2.24) is 9.13 Å². The molecule has 0 radical (unpaired) electrons. The maximum Gasteiger partial charge on any atom is 0.0776 e. The summed E-state index contributed by atoms with van der Waals surface area (Å²) in [5.74, 6) is 0. The van der Waals surface area contributed by atoms with Crippen molar-refractivity contribution in [2.24, 2.45) is 0 Å². The molecule has 7 rings (SSSR count). The van der Waals surface area contributed by atoms with E-state index in [0.717, 1.165) is 0 Å². The van der Waals surface area contributed by atoms with Crippen LogP contribution in [0.15, 0.2) is 115 Å². The van der Waals surface area contributed by atoms with Crippen LogP contribution in [-0.2, 0) is 0 Å². The van der Waals surface area contributed by atoms with E-state index in [-0.39, 0.29) is 0 Å². The molecule has 0 bridgehead atoms. The predicted molar refractivity (Wildman–Crippen MR) is 158 cm³/mol. The van der Waals surface area contributed by atoms with Crippen molar-refractivity contribution >= 4 is 56.9 Å². The van der Waals surface area contributed by atoms with Crippen LogP contribution in [0.5, 0.6) is 0 Å². The molecule has 0 unspecified atom stereocenters. The van der Waals surface area contributed by atoms with E-state index in [0.29, 0.717) is 0 Å². The molecule has 2 heterocycles. The van der Waals surface area contributed by atoms with Crippen molar-refractivity contribution in [2.75, 3.05) is 0 Å². The number of fused-ring (bicyclic) bond motifs is 6. The Kier molecular flexibility index (Phi) is 4.54. The molecule has 2 aromatic heterocycles. The lowest BCUT2D eigenvalue weighted by Gasteiger charge is -2.18. The van der Waals surface area contributed by atoms with Gasteiger partial charge in [-0.1, -0.05) is 91.6 Å². The Morgan fingerprint density at radius 2 is 0.889 bits per heavy atom. The summed E-state index contributed by atoms with van der Waals surface area (Å²) in [4.78, 5) is 0. The molecule has 0 amide bonds. The maximum atomic E-state index is 2.43. The second-order valence-corrected chi connectivity index (χ2v) is 15.8. The molecule has 0 N–H and O–H groups in total. The average molecular weight is 481 g/mol.